The number of nitrogens with zero attached hydrogens (tertiary/aromatic N) is 2. The number of esters is 1. The molecule has 4 nitrogen and oxygen atoms in total. The summed E-state index contributed by atoms with van der Waals surface area (Å²) in [5.74, 6) is 1.23. The zero-order chi connectivity index (χ0) is 12.7. The topological polar surface area (TPSA) is 43.6 Å². The van der Waals surface area contributed by atoms with Crippen LogP contribution in [-0.2, 0) is 4.74 Å². The first-order chi connectivity index (χ1) is 8.70. The molecule has 0 unspecified atom stereocenters. The number of pyridine rings is 1. The third-order valence-corrected chi connectivity index (χ3v) is 4.09. The normalized spacial score (nSPS) is 15.7. The van der Waals surface area contributed by atoms with Crippen LogP contribution in [0.25, 0.3) is 5.52 Å². The minimum Gasteiger partial charge on any atom is -0.465 e. The van der Waals surface area contributed by atoms with E-state index in [2.05, 4.69) is 20.9 Å². The SMILES string of the molecule is COC(=O)c1ccc2c(Br)nc(C3CCC3)n2c1. The van der Waals surface area contributed by atoms with Gasteiger partial charge in [0.15, 0.2) is 0 Å². The van der Waals surface area contributed by atoms with Gasteiger partial charge in [0, 0.05) is 12.1 Å². The number of carbonyl (C=O) groups excluding carboxylic acids is 1. The molecule has 2 aromatic heterocycles. The lowest BCUT2D eigenvalue weighted by Gasteiger charge is -2.24. The summed E-state index contributed by atoms with van der Waals surface area (Å²) in [7, 11) is 1.39. The van der Waals surface area contributed by atoms with Crippen LogP contribution in [0, 0.1) is 0 Å². The number of carbonyl (C=O) groups is 1. The second kappa shape index (κ2) is 4.39. The summed E-state index contributed by atoms with van der Waals surface area (Å²) in [6.07, 6.45) is 5.42. The van der Waals surface area contributed by atoms with E-state index in [4.69, 9.17) is 4.74 Å². The van der Waals surface area contributed by atoms with Gasteiger partial charge in [0.2, 0.25) is 0 Å². The molecule has 0 saturated heterocycles. The van der Waals surface area contributed by atoms with Crippen molar-refractivity contribution in [3.8, 4) is 0 Å². The van der Waals surface area contributed by atoms with Crippen LogP contribution in [-0.4, -0.2) is 22.5 Å². The predicted molar refractivity (Wildman–Crippen MR) is 70.8 cm³/mol. The van der Waals surface area contributed by atoms with E-state index < -0.39 is 0 Å². The molecule has 18 heavy (non-hydrogen) atoms. The minimum atomic E-state index is -0.318. The molecule has 1 aliphatic rings. The molecule has 2 aromatic rings. The molecule has 0 radical (unpaired) electrons. The van der Waals surface area contributed by atoms with Gasteiger partial charge in [-0.15, -0.1) is 0 Å². The Morgan fingerprint density at radius 1 is 1.50 bits per heavy atom. The van der Waals surface area contributed by atoms with Gasteiger partial charge >= 0.3 is 5.97 Å². The van der Waals surface area contributed by atoms with Gasteiger partial charge in [0.25, 0.3) is 0 Å². The van der Waals surface area contributed by atoms with Crippen molar-refractivity contribution >= 4 is 27.4 Å². The van der Waals surface area contributed by atoms with E-state index in [-0.39, 0.29) is 5.97 Å². The second-order valence-corrected chi connectivity index (χ2v) is 5.30. The lowest BCUT2D eigenvalue weighted by Crippen LogP contribution is -2.13. The molecule has 0 spiro atoms. The summed E-state index contributed by atoms with van der Waals surface area (Å²) in [5, 5.41) is 0. The van der Waals surface area contributed by atoms with Crippen molar-refractivity contribution in [3.63, 3.8) is 0 Å². The predicted octanol–water partition coefficient (Wildman–Crippen LogP) is 3.15. The first-order valence-electron chi connectivity index (χ1n) is 5.96. The average molecular weight is 309 g/mol. The number of fused-ring (bicyclic) bond motifs is 1. The van der Waals surface area contributed by atoms with Crippen LogP contribution < -0.4 is 0 Å². The molecule has 3 rings (SSSR count). The lowest BCUT2D eigenvalue weighted by molar-refractivity contribution is 0.0600. The number of hydrogen-bond donors (Lipinski definition) is 0. The van der Waals surface area contributed by atoms with Crippen molar-refractivity contribution in [3.05, 3.63) is 34.3 Å². The molecule has 0 N–H and O–H groups in total. The summed E-state index contributed by atoms with van der Waals surface area (Å²) in [6, 6.07) is 3.66. The molecule has 0 aliphatic heterocycles. The summed E-state index contributed by atoms with van der Waals surface area (Å²) in [6.45, 7) is 0. The molecule has 94 valence electrons. The third-order valence-electron chi connectivity index (χ3n) is 3.51. The van der Waals surface area contributed by atoms with Crippen molar-refractivity contribution in [2.75, 3.05) is 7.11 Å². The summed E-state index contributed by atoms with van der Waals surface area (Å²) < 4.78 is 7.58. The molecule has 5 heteroatoms. The molecule has 0 aromatic carbocycles. The molecule has 1 fully saturated rings. The maximum absolute atomic E-state index is 11.6. The molecular weight excluding hydrogens is 296 g/mol. The number of ether oxygens (including phenoxy) is 1. The van der Waals surface area contributed by atoms with E-state index in [1.807, 2.05) is 16.7 Å². The van der Waals surface area contributed by atoms with Gasteiger partial charge in [-0.1, -0.05) is 6.42 Å². The lowest BCUT2D eigenvalue weighted by atomic mass is 9.85. The zero-order valence-electron chi connectivity index (χ0n) is 10.0. The Labute approximate surface area is 113 Å². The Morgan fingerprint density at radius 3 is 2.89 bits per heavy atom. The standard InChI is InChI=1S/C13H13BrN2O2/c1-18-13(17)9-5-6-10-11(14)15-12(16(10)7-9)8-3-2-4-8/h5-8H,2-4H2,1H3. The van der Waals surface area contributed by atoms with Gasteiger partial charge in [-0.3, -0.25) is 0 Å². The Balaban J connectivity index is 2.15. The van der Waals surface area contributed by atoms with Gasteiger partial charge in [-0.25, -0.2) is 9.78 Å². The quantitative estimate of drug-likeness (QED) is 0.800. The fraction of sp³-hybridized carbons (Fsp3) is 0.385. The average Bonchev–Trinajstić information content (AvgIpc) is 2.63. The fourth-order valence-corrected chi connectivity index (χ4v) is 2.77. The van der Waals surface area contributed by atoms with Crippen LogP contribution >= 0.6 is 15.9 Å². The number of halogens is 1. The van der Waals surface area contributed by atoms with E-state index in [0.717, 1.165) is 15.9 Å². The smallest absolute Gasteiger partial charge is 0.339 e. The van der Waals surface area contributed by atoms with E-state index >= 15 is 0 Å². The monoisotopic (exact) mass is 308 g/mol. The third kappa shape index (κ3) is 1.73. The van der Waals surface area contributed by atoms with Crippen molar-refractivity contribution in [1.29, 1.82) is 0 Å². The van der Waals surface area contributed by atoms with Crippen molar-refractivity contribution in [2.45, 2.75) is 25.2 Å². The Kier molecular flexibility index (Phi) is 2.86. The second-order valence-electron chi connectivity index (χ2n) is 4.55. The Bertz CT molecular complexity index is 617. The Hall–Kier alpha value is -1.36. The van der Waals surface area contributed by atoms with Crippen molar-refractivity contribution in [1.82, 2.24) is 9.38 Å². The first-order valence-corrected chi connectivity index (χ1v) is 6.76. The van der Waals surface area contributed by atoms with Crippen LogP contribution in [0.2, 0.25) is 0 Å². The molecule has 2 heterocycles. The largest absolute Gasteiger partial charge is 0.465 e. The maximum atomic E-state index is 11.6. The van der Waals surface area contributed by atoms with Crippen LogP contribution in [0.5, 0.6) is 0 Å². The fourth-order valence-electron chi connectivity index (χ4n) is 2.26. The van der Waals surface area contributed by atoms with Gasteiger partial charge in [-0.2, -0.15) is 0 Å². The maximum Gasteiger partial charge on any atom is 0.339 e. The number of imidazole rings is 1. The van der Waals surface area contributed by atoms with Gasteiger partial charge in [-0.05, 0) is 40.9 Å². The van der Waals surface area contributed by atoms with Crippen molar-refractivity contribution < 1.29 is 9.53 Å². The summed E-state index contributed by atoms with van der Waals surface area (Å²) >= 11 is 3.47. The highest BCUT2D eigenvalue weighted by atomic mass is 79.9. The molecular formula is C13H13BrN2O2. The number of hydrogen-bond acceptors (Lipinski definition) is 3. The molecule has 0 amide bonds. The highest BCUT2D eigenvalue weighted by Crippen LogP contribution is 2.37. The summed E-state index contributed by atoms with van der Waals surface area (Å²) in [4.78, 5) is 16.1. The van der Waals surface area contributed by atoms with Gasteiger partial charge in [0.05, 0.1) is 18.2 Å². The molecule has 0 atom stereocenters. The molecule has 1 aliphatic carbocycles. The summed E-state index contributed by atoms with van der Waals surface area (Å²) in [5.41, 5.74) is 1.54. The highest BCUT2D eigenvalue weighted by Gasteiger charge is 2.25. The first kappa shape index (κ1) is 11.7. The van der Waals surface area contributed by atoms with Crippen LogP contribution in [0.15, 0.2) is 22.9 Å². The van der Waals surface area contributed by atoms with E-state index in [0.29, 0.717) is 11.5 Å². The van der Waals surface area contributed by atoms with E-state index in [9.17, 15) is 4.79 Å². The van der Waals surface area contributed by atoms with Gasteiger partial charge in [0.1, 0.15) is 10.4 Å². The minimum absolute atomic E-state index is 0.318. The van der Waals surface area contributed by atoms with E-state index in [1.54, 1.807) is 6.07 Å². The molecule has 0 bridgehead atoms. The number of methoxy groups -OCH3 is 1. The van der Waals surface area contributed by atoms with Crippen LogP contribution in [0.3, 0.4) is 0 Å². The Morgan fingerprint density at radius 2 is 2.28 bits per heavy atom. The van der Waals surface area contributed by atoms with Crippen LogP contribution in [0.1, 0.15) is 41.4 Å². The number of rotatable bonds is 2. The van der Waals surface area contributed by atoms with E-state index in [1.165, 1.54) is 26.4 Å². The van der Waals surface area contributed by atoms with Crippen molar-refractivity contribution in [2.24, 2.45) is 0 Å². The molecule has 1 saturated carbocycles. The zero-order valence-corrected chi connectivity index (χ0v) is 11.6. The number of aromatic nitrogens is 2. The van der Waals surface area contributed by atoms with Crippen LogP contribution in [0.4, 0.5) is 0 Å². The highest BCUT2D eigenvalue weighted by molar-refractivity contribution is 9.10. The van der Waals surface area contributed by atoms with Gasteiger partial charge < -0.3 is 9.14 Å².